The number of unbranched alkanes of at least 4 members (excludes halogenated alkanes) is 3. The van der Waals surface area contributed by atoms with E-state index in [9.17, 15) is 19.5 Å². The number of hydrogen-bond donors (Lipinski definition) is 1. The van der Waals surface area contributed by atoms with Crippen LogP contribution in [0.3, 0.4) is 0 Å². The Labute approximate surface area is 245 Å². The number of nitrogens with zero attached hydrogens (tertiary/aromatic N) is 3. The van der Waals surface area contributed by atoms with Crippen molar-refractivity contribution in [2.75, 3.05) is 26.2 Å². The molecule has 2 bridgehead atoms. The molecular formula is C33H47N3O5. The van der Waals surface area contributed by atoms with E-state index in [2.05, 4.69) is 13.2 Å². The maximum atomic E-state index is 14.4. The highest BCUT2D eigenvalue weighted by molar-refractivity contribution is 5.99. The Balaban J connectivity index is 1.70. The summed E-state index contributed by atoms with van der Waals surface area (Å²) >= 11 is 0. The van der Waals surface area contributed by atoms with Crippen LogP contribution in [-0.2, 0) is 25.7 Å². The zero-order chi connectivity index (χ0) is 29.8. The molecule has 3 aliphatic heterocycles. The molecule has 4 rings (SSSR count). The molecule has 3 heterocycles. The normalized spacial score (nSPS) is 28.2. The van der Waals surface area contributed by atoms with E-state index in [0.29, 0.717) is 51.9 Å². The molecule has 8 nitrogen and oxygen atoms in total. The summed E-state index contributed by atoms with van der Waals surface area (Å²) in [4.78, 5) is 48.3. The highest BCUT2D eigenvalue weighted by atomic mass is 16.5. The monoisotopic (exact) mass is 565 g/mol. The number of aliphatic hydroxyl groups excluding tert-OH is 1. The number of amides is 3. The summed E-state index contributed by atoms with van der Waals surface area (Å²) in [6.07, 6.45) is 7.71. The van der Waals surface area contributed by atoms with Crippen molar-refractivity contribution in [3.05, 3.63) is 61.2 Å². The summed E-state index contributed by atoms with van der Waals surface area (Å²) in [5, 5.41) is 9.18. The summed E-state index contributed by atoms with van der Waals surface area (Å²) in [5.41, 5.74) is -0.880. The number of fused-ring (bicyclic) bond motifs is 1. The lowest BCUT2D eigenvalue weighted by Gasteiger charge is -2.38. The smallest absolute Gasteiger partial charge is 0.248 e. The third-order valence-corrected chi connectivity index (χ3v) is 9.19. The van der Waals surface area contributed by atoms with Crippen LogP contribution < -0.4 is 0 Å². The molecule has 3 saturated heterocycles. The molecule has 3 aliphatic rings. The van der Waals surface area contributed by atoms with Gasteiger partial charge in [0.2, 0.25) is 17.7 Å². The molecule has 1 aromatic rings. The van der Waals surface area contributed by atoms with E-state index in [1.54, 1.807) is 26.9 Å². The van der Waals surface area contributed by atoms with Crippen molar-refractivity contribution < 1.29 is 24.2 Å². The molecule has 1 N–H and O–H groups in total. The van der Waals surface area contributed by atoms with Gasteiger partial charge in [0.05, 0.1) is 17.4 Å². The average Bonchev–Trinajstić information content (AvgIpc) is 3.51. The number of hydrogen-bond acceptors (Lipinski definition) is 5. The fourth-order valence-corrected chi connectivity index (χ4v) is 7.31. The predicted octanol–water partition coefficient (Wildman–Crippen LogP) is 3.94. The lowest BCUT2D eigenvalue weighted by atomic mass is 9.66. The van der Waals surface area contributed by atoms with E-state index < -0.39 is 29.1 Å². The van der Waals surface area contributed by atoms with Gasteiger partial charge in [-0.15, -0.1) is 13.2 Å². The second-order valence-corrected chi connectivity index (χ2v) is 12.3. The summed E-state index contributed by atoms with van der Waals surface area (Å²) in [7, 11) is 0. The summed E-state index contributed by atoms with van der Waals surface area (Å²) in [6, 6.07) is 8.93. The Kier molecular flexibility index (Phi) is 9.75. The first-order chi connectivity index (χ1) is 19.6. The van der Waals surface area contributed by atoms with E-state index in [1.165, 1.54) is 0 Å². The Morgan fingerprint density at radius 3 is 2.39 bits per heavy atom. The van der Waals surface area contributed by atoms with Crippen molar-refractivity contribution in [1.29, 1.82) is 0 Å². The molecule has 3 amide bonds. The molecular weight excluding hydrogens is 518 g/mol. The van der Waals surface area contributed by atoms with Gasteiger partial charge in [0, 0.05) is 38.8 Å². The Morgan fingerprint density at radius 1 is 1.07 bits per heavy atom. The van der Waals surface area contributed by atoms with Crippen molar-refractivity contribution in [3.63, 3.8) is 0 Å². The second-order valence-electron chi connectivity index (χ2n) is 12.3. The second kappa shape index (κ2) is 12.9. The molecule has 0 radical (unpaired) electrons. The molecule has 1 aromatic carbocycles. The third kappa shape index (κ3) is 5.73. The van der Waals surface area contributed by atoms with E-state index in [0.717, 1.165) is 18.4 Å². The minimum Gasteiger partial charge on any atom is -0.396 e. The number of ether oxygens (including phenoxy) is 1. The fraction of sp³-hybridized carbons (Fsp3) is 0.606. The van der Waals surface area contributed by atoms with Crippen molar-refractivity contribution in [3.8, 4) is 0 Å². The predicted molar refractivity (Wildman–Crippen MR) is 159 cm³/mol. The van der Waals surface area contributed by atoms with Gasteiger partial charge in [0.25, 0.3) is 0 Å². The first kappa shape index (κ1) is 31.0. The van der Waals surface area contributed by atoms with Crippen LogP contribution in [-0.4, -0.2) is 87.1 Å². The maximum absolute atomic E-state index is 14.4. The topological polar surface area (TPSA) is 90.4 Å². The first-order valence-corrected chi connectivity index (χ1v) is 15.1. The van der Waals surface area contributed by atoms with Gasteiger partial charge in [-0.1, -0.05) is 55.3 Å². The van der Waals surface area contributed by atoms with Crippen LogP contribution >= 0.6 is 0 Å². The molecule has 1 spiro atoms. The van der Waals surface area contributed by atoms with Crippen LogP contribution in [0.15, 0.2) is 55.6 Å². The van der Waals surface area contributed by atoms with Crippen LogP contribution in [0.25, 0.3) is 0 Å². The lowest BCUT2D eigenvalue weighted by Crippen LogP contribution is -2.57. The number of aliphatic hydroxyl groups is 1. The van der Waals surface area contributed by atoms with Crippen LogP contribution in [0, 0.1) is 11.8 Å². The lowest BCUT2D eigenvalue weighted by molar-refractivity contribution is -0.154. The fourth-order valence-electron chi connectivity index (χ4n) is 7.31. The molecule has 0 saturated carbocycles. The quantitative estimate of drug-likeness (QED) is 0.257. The average molecular weight is 566 g/mol. The standard InChI is InChI=1S/C33H47N3O5/c1-6-19-34(23-25-15-11-10-12-16-25)29(38)26-27-30(39)36(21-13-8-9-14-22-37)28(31(40)35(20-7-2)24(3)4)33(27)18-17-32(26,5)41-33/h6-7,10-12,15-16,24,26-28,37H,1-2,8-9,13-14,17-23H2,3-5H3/t26-,27-,28?,32+,33?/m0/s1. The first-order valence-electron chi connectivity index (χ1n) is 15.1. The number of likely N-dealkylation sites (tertiary alicyclic amines) is 1. The molecule has 5 atom stereocenters. The number of benzene rings is 1. The van der Waals surface area contributed by atoms with Crippen LogP contribution in [0.2, 0.25) is 0 Å². The van der Waals surface area contributed by atoms with Gasteiger partial charge in [-0.3, -0.25) is 14.4 Å². The summed E-state index contributed by atoms with van der Waals surface area (Å²) in [5.74, 6) is -1.84. The van der Waals surface area contributed by atoms with Gasteiger partial charge in [-0.05, 0) is 52.0 Å². The largest absolute Gasteiger partial charge is 0.396 e. The van der Waals surface area contributed by atoms with Crippen molar-refractivity contribution in [2.24, 2.45) is 11.8 Å². The van der Waals surface area contributed by atoms with Crippen LogP contribution in [0.4, 0.5) is 0 Å². The molecule has 3 fully saturated rings. The van der Waals surface area contributed by atoms with E-state index in [1.807, 2.05) is 51.1 Å². The number of carbonyl (C=O) groups is 3. The van der Waals surface area contributed by atoms with Gasteiger partial charge in [-0.2, -0.15) is 0 Å². The van der Waals surface area contributed by atoms with Crippen LogP contribution in [0.5, 0.6) is 0 Å². The Morgan fingerprint density at radius 2 is 1.76 bits per heavy atom. The molecule has 0 aromatic heterocycles. The van der Waals surface area contributed by atoms with Gasteiger partial charge in [0.15, 0.2) is 0 Å². The SMILES string of the molecule is C=CCN(Cc1ccccc1)C(=O)[C@@H]1[C@H]2C(=O)N(CCCCCCO)C(C(=O)N(CC=C)C(C)C)C23CC[C@@]1(C)O3. The van der Waals surface area contributed by atoms with Gasteiger partial charge < -0.3 is 24.5 Å². The van der Waals surface area contributed by atoms with Gasteiger partial charge in [0.1, 0.15) is 11.6 Å². The molecule has 224 valence electrons. The number of carbonyl (C=O) groups excluding carboxylic acids is 3. The summed E-state index contributed by atoms with van der Waals surface area (Å²) < 4.78 is 6.83. The van der Waals surface area contributed by atoms with Gasteiger partial charge in [-0.25, -0.2) is 0 Å². The molecule has 2 unspecified atom stereocenters. The minimum atomic E-state index is -1.05. The highest BCUT2D eigenvalue weighted by Crippen LogP contribution is 2.63. The van der Waals surface area contributed by atoms with E-state index >= 15 is 0 Å². The third-order valence-electron chi connectivity index (χ3n) is 9.19. The highest BCUT2D eigenvalue weighted by Gasteiger charge is 2.78. The Bertz CT molecular complexity index is 1120. The maximum Gasteiger partial charge on any atom is 0.248 e. The molecule has 41 heavy (non-hydrogen) atoms. The molecule has 0 aliphatic carbocycles. The zero-order valence-electron chi connectivity index (χ0n) is 25.0. The van der Waals surface area contributed by atoms with Crippen molar-refractivity contribution >= 4 is 17.7 Å². The zero-order valence-corrected chi connectivity index (χ0v) is 25.0. The number of rotatable bonds is 15. The molecule has 8 heteroatoms. The minimum absolute atomic E-state index is 0.0852. The van der Waals surface area contributed by atoms with Crippen LogP contribution in [0.1, 0.15) is 64.9 Å². The van der Waals surface area contributed by atoms with Gasteiger partial charge >= 0.3 is 0 Å². The van der Waals surface area contributed by atoms with Crippen molar-refractivity contribution in [1.82, 2.24) is 14.7 Å². The van der Waals surface area contributed by atoms with E-state index in [4.69, 9.17) is 4.74 Å². The Hall–Kier alpha value is -2.97. The summed E-state index contributed by atoms with van der Waals surface area (Å²) in [6.45, 7) is 15.3. The van der Waals surface area contributed by atoms with Crippen molar-refractivity contribution in [2.45, 2.75) is 89.1 Å². The van der Waals surface area contributed by atoms with E-state index in [-0.39, 0.29) is 30.4 Å².